The molecule has 26 heavy (non-hydrogen) atoms. The highest BCUT2D eigenvalue weighted by molar-refractivity contribution is 5.87. The standard InChI is InChI=1S/C13H20O4.C8H10O/c1-9(2)11(14)16-7-13(5,6)8-17-12(15)10(3)4;1-2-9-8-6-4-3-5-7-8/h1,3,7-8H2,2,4-6H3;3-7H,2H2,1H3. The lowest BCUT2D eigenvalue weighted by molar-refractivity contribution is -0.147. The van der Waals surface area contributed by atoms with Crippen LogP contribution in [-0.2, 0) is 19.1 Å². The quantitative estimate of drug-likeness (QED) is 0.509. The van der Waals surface area contributed by atoms with Crippen LogP contribution in [0.4, 0.5) is 0 Å². The molecule has 0 saturated heterocycles. The molecule has 0 atom stereocenters. The summed E-state index contributed by atoms with van der Waals surface area (Å²) in [6, 6.07) is 9.80. The zero-order valence-electron chi connectivity index (χ0n) is 16.5. The lowest BCUT2D eigenvalue weighted by Crippen LogP contribution is -2.28. The van der Waals surface area contributed by atoms with Crippen molar-refractivity contribution in [3.05, 3.63) is 54.6 Å². The van der Waals surface area contributed by atoms with E-state index in [1.165, 1.54) is 0 Å². The molecule has 0 fully saturated rings. The highest BCUT2D eigenvalue weighted by atomic mass is 16.5. The van der Waals surface area contributed by atoms with E-state index in [0.29, 0.717) is 11.1 Å². The fourth-order valence-electron chi connectivity index (χ4n) is 1.49. The molecule has 0 spiro atoms. The molecular weight excluding hydrogens is 332 g/mol. The van der Waals surface area contributed by atoms with Crippen molar-refractivity contribution >= 4 is 11.9 Å². The van der Waals surface area contributed by atoms with Crippen molar-refractivity contribution in [2.75, 3.05) is 19.8 Å². The maximum absolute atomic E-state index is 11.2. The summed E-state index contributed by atoms with van der Waals surface area (Å²) < 4.78 is 15.2. The van der Waals surface area contributed by atoms with Crippen LogP contribution in [0, 0.1) is 5.41 Å². The van der Waals surface area contributed by atoms with Gasteiger partial charge in [-0.1, -0.05) is 45.2 Å². The van der Waals surface area contributed by atoms with Crippen LogP contribution in [-0.4, -0.2) is 31.8 Å². The number of esters is 2. The van der Waals surface area contributed by atoms with Gasteiger partial charge in [-0.15, -0.1) is 0 Å². The van der Waals surface area contributed by atoms with E-state index in [1.54, 1.807) is 13.8 Å². The third-order valence-electron chi connectivity index (χ3n) is 2.94. The van der Waals surface area contributed by atoms with E-state index >= 15 is 0 Å². The molecule has 0 heterocycles. The summed E-state index contributed by atoms with van der Waals surface area (Å²) in [5, 5.41) is 0. The molecule has 0 N–H and O–H groups in total. The first kappa shape index (κ1) is 23.4. The van der Waals surface area contributed by atoms with Crippen LogP contribution in [0.2, 0.25) is 0 Å². The summed E-state index contributed by atoms with van der Waals surface area (Å²) >= 11 is 0. The minimum atomic E-state index is -0.440. The Bertz CT molecular complexity index is 570. The highest BCUT2D eigenvalue weighted by Crippen LogP contribution is 2.17. The predicted molar refractivity (Wildman–Crippen MR) is 103 cm³/mol. The van der Waals surface area contributed by atoms with Crippen molar-refractivity contribution in [2.45, 2.75) is 34.6 Å². The molecule has 1 rings (SSSR count). The average molecular weight is 362 g/mol. The Labute approximate surface area is 156 Å². The molecule has 0 unspecified atom stereocenters. The van der Waals surface area contributed by atoms with Crippen LogP contribution in [0.15, 0.2) is 54.6 Å². The summed E-state index contributed by atoms with van der Waals surface area (Å²) in [5.74, 6) is 0.0635. The van der Waals surface area contributed by atoms with Gasteiger partial charge in [0, 0.05) is 16.6 Å². The maximum atomic E-state index is 11.2. The number of para-hydroxylation sites is 1. The maximum Gasteiger partial charge on any atom is 0.333 e. The lowest BCUT2D eigenvalue weighted by atomic mass is 9.96. The first-order valence-corrected chi connectivity index (χ1v) is 8.42. The van der Waals surface area contributed by atoms with Crippen molar-refractivity contribution in [3.8, 4) is 5.75 Å². The van der Waals surface area contributed by atoms with Gasteiger partial charge in [0.05, 0.1) is 19.8 Å². The first-order chi connectivity index (χ1) is 12.1. The van der Waals surface area contributed by atoms with Gasteiger partial charge >= 0.3 is 11.9 Å². The molecule has 0 aliphatic rings. The van der Waals surface area contributed by atoms with Gasteiger partial charge in [-0.25, -0.2) is 9.59 Å². The smallest absolute Gasteiger partial charge is 0.333 e. The molecule has 1 aromatic rings. The summed E-state index contributed by atoms with van der Waals surface area (Å²) in [6.45, 7) is 16.9. The second-order valence-corrected chi connectivity index (χ2v) is 6.62. The van der Waals surface area contributed by atoms with Gasteiger partial charge in [0.15, 0.2) is 0 Å². The molecule has 1 aromatic carbocycles. The summed E-state index contributed by atoms with van der Waals surface area (Å²) in [7, 11) is 0. The topological polar surface area (TPSA) is 61.8 Å². The number of benzene rings is 1. The van der Waals surface area contributed by atoms with Crippen LogP contribution in [0.5, 0.6) is 5.75 Å². The first-order valence-electron chi connectivity index (χ1n) is 8.42. The van der Waals surface area contributed by atoms with E-state index in [2.05, 4.69) is 13.2 Å². The molecule has 0 saturated carbocycles. The molecule has 5 heteroatoms. The second-order valence-electron chi connectivity index (χ2n) is 6.62. The Morgan fingerprint density at radius 2 is 1.35 bits per heavy atom. The monoisotopic (exact) mass is 362 g/mol. The summed E-state index contributed by atoms with van der Waals surface area (Å²) in [6.07, 6.45) is 0. The van der Waals surface area contributed by atoms with E-state index < -0.39 is 17.4 Å². The fraction of sp³-hybridized carbons (Fsp3) is 0.429. The lowest BCUT2D eigenvalue weighted by Gasteiger charge is -2.23. The summed E-state index contributed by atoms with van der Waals surface area (Å²) in [5.41, 5.74) is 0.260. The molecule has 144 valence electrons. The van der Waals surface area contributed by atoms with Crippen LogP contribution in [0.3, 0.4) is 0 Å². The van der Waals surface area contributed by atoms with Crippen LogP contribution >= 0.6 is 0 Å². The Morgan fingerprint density at radius 1 is 0.923 bits per heavy atom. The van der Waals surface area contributed by atoms with Gasteiger partial charge in [0.2, 0.25) is 0 Å². The number of hydrogen-bond acceptors (Lipinski definition) is 5. The average Bonchev–Trinajstić information content (AvgIpc) is 2.59. The second kappa shape index (κ2) is 11.9. The normalized spacial score (nSPS) is 10.0. The minimum absolute atomic E-state index is 0.169. The predicted octanol–water partition coefficient (Wildman–Crippen LogP) is 4.34. The van der Waals surface area contributed by atoms with Crippen molar-refractivity contribution in [2.24, 2.45) is 5.41 Å². The molecule has 0 aliphatic carbocycles. The van der Waals surface area contributed by atoms with Gasteiger partial charge in [0.1, 0.15) is 5.75 Å². The van der Waals surface area contributed by atoms with Gasteiger partial charge in [0.25, 0.3) is 0 Å². The van der Waals surface area contributed by atoms with Crippen molar-refractivity contribution < 1.29 is 23.8 Å². The Kier molecular flexibility index (Phi) is 10.7. The number of ether oxygens (including phenoxy) is 3. The van der Waals surface area contributed by atoms with Crippen molar-refractivity contribution in [1.82, 2.24) is 0 Å². The van der Waals surface area contributed by atoms with Crippen molar-refractivity contribution in [3.63, 3.8) is 0 Å². The molecule has 0 radical (unpaired) electrons. The van der Waals surface area contributed by atoms with Gasteiger partial charge in [-0.05, 0) is 32.9 Å². The fourth-order valence-corrected chi connectivity index (χ4v) is 1.49. The molecule has 0 amide bonds. The van der Waals surface area contributed by atoms with Crippen molar-refractivity contribution in [1.29, 1.82) is 0 Å². The summed E-state index contributed by atoms with van der Waals surface area (Å²) in [4.78, 5) is 22.4. The molecule has 0 bridgehead atoms. The van der Waals surface area contributed by atoms with Crippen LogP contribution in [0.1, 0.15) is 34.6 Å². The molecule has 0 aliphatic heterocycles. The Hall–Kier alpha value is -2.56. The van der Waals surface area contributed by atoms with E-state index in [0.717, 1.165) is 12.4 Å². The van der Waals surface area contributed by atoms with Gasteiger partial charge < -0.3 is 14.2 Å². The Morgan fingerprint density at radius 3 is 1.69 bits per heavy atom. The van der Waals surface area contributed by atoms with Crippen LogP contribution < -0.4 is 4.74 Å². The minimum Gasteiger partial charge on any atom is -0.494 e. The number of hydrogen-bond donors (Lipinski definition) is 0. The zero-order valence-corrected chi connectivity index (χ0v) is 16.5. The SMILES string of the molecule is C=C(C)C(=O)OCC(C)(C)COC(=O)C(=C)C.CCOc1ccccc1. The number of rotatable bonds is 8. The number of carbonyl (C=O) groups is 2. The van der Waals surface area contributed by atoms with E-state index in [4.69, 9.17) is 14.2 Å². The number of carbonyl (C=O) groups excluding carboxylic acids is 2. The Balaban J connectivity index is 0.000000577. The molecule has 5 nitrogen and oxygen atoms in total. The van der Waals surface area contributed by atoms with E-state index in [1.807, 2.05) is 51.1 Å². The third-order valence-corrected chi connectivity index (χ3v) is 2.94. The molecular formula is C21H30O5. The van der Waals surface area contributed by atoms with Gasteiger partial charge in [-0.2, -0.15) is 0 Å². The van der Waals surface area contributed by atoms with Crippen LogP contribution in [0.25, 0.3) is 0 Å². The zero-order chi connectivity index (χ0) is 20.2. The highest BCUT2D eigenvalue weighted by Gasteiger charge is 2.23. The van der Waals surface area contributed by atoms with Gasteiger partial charge in [-0.3, -0.25) is 0 Å². The molecule has 0 aromatic heterocycles. The van der Waals surface area contributed by atoms with E-state index in [9.17, 15) is 9.59 Å². The van der Waals surface area contributed by atoms with E-state index in [-0.39, 0.29) is 13.2 Å². The largest absolute Gasteiger partial charge is 0.494 e. The third kappa shape index (κ3) is 11.1.